The first-order valence-corrected chi connectivity index (χ1v) is 11.6. The zero-order valence-electron chi connectivity index (χ0n) is 18.8. The van der Waals surface area contributed by atoms with Crippen molar-refractivity contribution in [2.45, 2.75) is 44.4 Å². The van der Waals surface area contributed by atoms with Crippen molar-refractivity contribution in [3.05, 3.63) is 59.2 Å². The van der Waals surface area contributed by atoms with Crippen LogP contribution in [0, 0.1) is 0 Å². The standard InChI is InChI=1S/C25H28F3N3O3/c26-25(27,28)18-8-6-17(7-9-18)23(32)30-19-10-11-22(31-12-2-1-3-13-31)21(15-19)24(33)29-16-20-5-4-14-34-20/h6-11,15,20H,1-5,12-14,16H2,(H,29,33)(H,30,32). The highest BCUT2D eigenvalue weighted by Gasteiger charge is 2.30. The number of hydrogen-bond acceptors (Lipinski definition) is 4. The third kappa shape index (κ3) is 5.88. The molecule has 0 aromatic heterocycles. The van der Waals surface area contributed by atoms with Crippen LogP contribution >= 0.6 is 0 Å². The number of piperidine rings is 1. The van der Waals surface area contributed by atoms with Gasteiger partial charge in [-0.3, -0.25) is 9.59 Å². The second-order valence-corrected chi connectivity index (χ2v) is 8.65. The predicted octanol–water partition coefficient (Wildman–Crippen LogP) is 4.86. The maximum absolute atomic E-state index is 13.1. The van der Waals surface area contributed by atoms with Crippen LogP contribution in [0.4, 0.5) is 24.5 Å². The zero-order chi connectivity index (χ0) is 24.1. The Hall–Kier alpha value is -3.07. The molecule has 1 atom stereocenters. The van der Waals surface area contributed by atoms with E-state index in [2.05, 4.69) is 15.5 Å². The summed E-state index contributed by atoms with van der Waals surface area (Å²) in [7, 11) is 0. The second kappa shape index (κ2) is 10.5. The fraction of sp³-hybridized carbons (Fsp3) is 0.440. The predicted molar refractivity (Wildman–Crippen MR) is 123 cm³/mol. The first kappa shape index (κ1) is 24.1. The van der Waals surface area contributed by atoms with Crippen molar-refractivity contribution in [2.24, 2.45) is 0 Å². The topological polar surface area (TPSA) is 70.7 Å². The van der Waals surface area contributed by atoms with Gasteiger partial charge in [-0.2, -0.15) is 13.2 Å². The van der Waals surface area contributed by atoms with Gasteiger partial charge in [0.1, 0.15) is 0 Å². The molecule has 0 aliphatic carbocycles. The van der Waals surface area contributed by atoms with Gasteiger partial charge in [-0.15, -0.1) is 0 Å². The van der Waals surface area contributed by atoms with Crippen molar-refractivity contribution in [3.8, 4) is 0 Å². The molecular formula is C25H28F3N3O3. The SMILES string of the molecule is O=C(Nc1ccc(N2CCCCC2)c(C(=O)NCC2CCCO2)c1)c1ccc(C(F)(F)F)cc1. The van der Waals surface area contributed by atoms with E-state index in [1.807, 2.05) is 6.07 Å². The highest BCUT2D eigenvalue weighted by atomic mass is 19.4. The van der Waals surface area contributed by atoms with Gasteiger partial charge in [0.05, 0.1) is 17.2 Å². The first-order chi connectivity index (χ1) is 16.3. The van der Waals surface area contributed by atoms with Gasteiger partial charge in [0.15, 0.2) is 0 Å². The summed E-state index contributed by atoms with van der Waals surface area (Å²) in [4.78, 5) is 27.9. The van der Waals surface area contributed by atoms with Crippen molar-refractivity contribution in [1.82, 2.24) is 5.32 Å². The van der Waals surface area contributed by atoms with Crippen LogP contribution in [0.5, 0.6) is 0 Å². The molecule has 1 unspecified atom stereocenters. The molecule has 2 aromatic rings. The van der Waals surface area contributed by atoms with Crippen molar-refractivity contribution < 1.29 is 27.5 Å². The highest BCUT2D eigenvalue weighted by Crippen LogP contribution is 2.30. The van der Waals surface area contributed by atoms with Crippen molar-refractivity contribution in [2.75, 3.05) is 36.5 Å². The average molecular weight is 476 g/mol. The van der Waals surface area contributed by atoms with E-state index >= 15 is 0 Å². The number of halogens is 3. The van der Waals surface area contributed by atoms with Crippen molar-refractivity contribution >= 4 is 23.2 Å². The summed E-state index contributed by atoms with van der Waals surface area (Å²) in [5.74, 6) is -0.799. The molecule has 2 aliphatic rings. The van der Waals surface area contributed by atoms with Crippen LogP contribution in [0.15, 0.2) is 42.5 Å². The lowest BCUT2D eigenvalue weighted by atomic mass is 10.1. The Morgan fingerprint density at radius 2 is 1.71 bits per heavy atom. The molecule has 182 valence electrons. The van der Waals surface area contributed by atoms with Crippen LogP contribution in [0.2, 0.25) is 0 Å². The number of alkyl halides is 3. The molecule has 6 nitrogen and oxygen atoms in total. The van der Waals surface area contributed by atoms with E-state index in [1.54, 1.807) is 12.1 Å². The lowest BCUT2D eigenvalue weighted by Crippen LogP contribution is -2.35. The lowest BCUT2D eigenvalue weighted by Gasteiger charge is -2.30. The summed E-state index contributed by atoms with van der Waals surface area (Å²) >= 11 is 0. The Kier molecular flexibility index (Phi) is 7.41. The molecule has 9 heteroatoms. The minimum atomic E-state index is -4.47. The summed E-state index contributed by atoms with van der Waals surface area (Å²) in [5, 5.41) is 5.64. The van der Waals surface area contributed by atoms with E-state index in [9.17, 15) is 22.8 Å². The Morgan fingerprint density at radius 3 is 2.35 bits per heavy atom. The van der Waals surface area contributed by atoms with Gasteiger partial charge in [-0.05, 0) is 74.6 Å². The van der Waals surface area contributed by atoms with Gasteiger partial charge >= 0.3 is 6.18 Å². The Balaban J connectivity index is 1.52. The molecule has 2 N–H and O–H groups in total. The van der Waals surface area contributed by atoms with Crippen LogP contribution in [-0.2, 0) is 10.9 Å². The van der Waals surface area contributed by atoms with Gasteiger partial charge in [0.2, 0.25) is 0 Å². The number of carbonyl (C=O) groups is 2. The zero-order valence-corrected chi connectivity index (χ0v) is 18.8. The number of nitrogens with zero attached hydrogens (tertiary/aromatic N) is 1. The monoisotopic (exact) mass is 475 g/mol. The summed E-state index contributed by atoms with van der Waals surface area (Å²) in [6.07, 6.45) is 0.661. The minimum absolute atomic E-state index is 0.00458. The van der Waals surface area contributed by atoms with Crippen LogP contribution in [-0.4, -0.2) is 44.2 Å². The number of amides is 2. The quantitative estimate of drug-likeness (QED) is 0.626. The lowest BCUT2D eigenvalue weighted by molar-refractivity contribution is -0.137. The maximum Gasteiger partial charge on any atom is 0.416 e. The Labute approximate surface area is 196 Å². The van der Waals surface area contributed by atoms with Gasteiger partial charge in [0, 0.05) is 43.2 Å². The molecular weight excluding hydrogens is 447 g/mol. The van der Waals surface area contributed by atoms with E-state index in [4.69, 9.17) is 4.74 Å². The van der Waals surface area contributed by atoms with Gasteiger partial charge < -0.3 is 20.3 Å². The molecule has 4 rings (SSSR count). The molecule has 2 aliphatic heterocycles. The van der Waals surface area contributed by atoms with E-state index in [1.165, 1.54) is 0 Å². The molecule has 34 heavy (non-hydrogen) atoms. The van der Waals surface area contributed by atoms with Gasteiger partial charge in [-0.25, -0.2) is 0 Å². The number of carbonyl (C=O) groups excluding carboxylic acids is 2. The molecule has 2 amide bonds. The van der Waals surface area contributed by atoms with E-state index in [0.29, 0.717) is 24.4 Å². The molecule has 2 fully saturated rings. The normalized spacial score (nSPS) is 18.6. The fourth-order valence-corrected chi connectivity index (χ4v) is 4.33. The molecule has 0 spiro atoms. The van der Waals surface area contributed by atoms with Crippen LogP contribution in [0.1, 0.15) is 58.4 Å². The van der Waals surface area contributed by atoms with E-state index in [0.717, 1.165) is 75.1 Å². The number of hydrogen-bond donors (Lipinski definition) is 2. The second-order valence-electron chi connectivity index (χ2n) is 8.65. The number of benzene rings is 2. The third-order valence-electron chi connectivity index (χ3n) is 6.18. The largest absolute Gasteiger partial charge is 0.416 e. The highest BCUT2D eigenvalue weighted by molar-refractivity contribution is 6.06. The van der Waals surface area contributed by atoms with Crippen LogP contribution < -0.4 is 15.5 Å². The summed E-state index contributed by atoms with van der Waals surface area (Å²) < 4.78 is 44.0. The number of ether oxygens (including phenoxy) is 1. The number of anilines is 2. The van der Waals surface area contributed by atoms with Crippen molar-refractivity contribution in [3.63, 3.8) is 0 Å². The van der Waals surface area contributed by atoms with E-state index in [-0.39, 0.29) is 17.6 Å². The summed E-state index contributed by atoms with van der Waals surface area (Å²) in [6, 6.07) is 9.16. The molecule has 2 aromatic carbocycles. The molecule has 0 radical (unpaired) electrons. The average Bonchev–Trinajstić information content (AvgIpc) is 3.36. The van der Waals surface area contributed by atoms with Crippen LogP contribution in [0.25, 0.3) is 0 Å². The summed E-state index contributed by atoms with van der Waals surface area (Å²) in [6.45, 7) is 2.82. The number of nitrogens with one attached hydrogen (secondary N) is 2. The van der Waals surface area contributed by atoms with Gasteiger partial charge in [-0.1, -0.05) is 0 Å². The summed E-state index contributed by atoms with van der Waals surface area (Å²) in [5.41, 5.74) is 0.924. The molecule has 0 saturated carbocycles. The first-order valence-electron chi connectivity index (χ1n) is 11.6. The van der Waals surface area contributed by atoms with E-state index < -0.39 is 17.6 Å². The maximum atomic E-state index is 13.1. The van der Waals surface area contributed by atoms with Crippen molar-refractivity contribution in [1.29, 1.82) is 0 Å². The third-order valence-corrected chi connectivity index (χ3v) is 6.18. The Bertz CT molecular complexity index is 1010. The molecule has 2 heterocycles. The Morgan fingerprint density at radius 1 is 0.971 bits per heavy atom. The fourth-order valence-electron chi connectivity index (χ4n) is 4.33. The minimum Gasteiger partial charge on any atom is -0.376 e. The number of rotatable bonds is 6. The molecule has 2 saturated heterocycles. The van der Waals surface area contributed by atoms with Gasteiger partial charge in [0.25, 0.3) is 11.8 Å². The molecule has 0 bridgehead atoms. The van der Waals surface area contributed by atoms with Crippen LogP contribution in [0.3, 0.4) is 0 Å². The smallest absolute Gasteiger partial charge is 0.376 e.